The summed E-state index contributed by atoms with van der Waals surface area (Å²) in [6.45, 7) is 10.2. The van der Waals surface area contributed by atoms with Gasteiger partial charge in [0.05, 0.1) is 59.0 Å². The Hall–Kier alpha value is -6.39. The number of ether oxygens (including phenoxy) is 1. The standard InChI is InChI=1S/C49H61FN10O6/c1-27(2)42(55-48(63)64)46(61)58-22-8-10-40(58)44-51-33-15-12-29(24-35(33)53-44)37-18-19-38(60(37)31-14-17-39(32(50)26-31)57-20-6-7-21-57)30-13-16-34-36(25-30)54-45(52-34)41-11-9-23-59(41)47(62)43(28(3)4)56-49(65)66-5/h12-17,24-28,37-38,40-43,55H,6-11,18-23H2,1-5H3,(H,51,53)(H,52,54)(H,56,65)(H,63,64)/t37-,38?,40+,41+,42+,43+/m1/s1. The number of carboxylic acid groups (broad SMARTS) is 1. The van der Waals surface area contributed by atoms with Crippen molar-refractivity contribution in [3.05, 3.63) is 83.2 Å². The second-order valence-electron chi connectivity index (χ2n) is 19.1. The molecule has 9 rings (SSSR count). The van der Waals surface area contributed by atoms with Gasteiger partial charge < -0.3 is 50.0 Å². The summed E-state index contributed by atoms with van der Waals surface area (Å²) in [4.78, 5) is 76.4. The second kappa shape index (κ2) is 18.5. The summed E-state index contributed by atoms with van der Waals surface area (Å²) >= 11 is 0. The minimum atomic E-state index is -1.23. The Morgan fingerprint density at radius 2 is 1.20 bits per heavy atom. The number of carbonyl (C=O) groups excluding carboxylic acids is 3. The Balaban J connectivity index is 1.02. The van der Waals surface area contributed by atoms with Gasteiger partial charge in [-0.1, -0.05) is 39.8 Å². The lowest BCUT2D eigenvalue weighted by Crippen LogP contribution is -2.51. The van der Waals surface area contributed by atoms with Gasteiger partial charge in [-0.2, -0.15) is 0 Å². The molecule has 4 fully saturated rings. The number of aromatic amines is 2. The maximum absolute atomic E-state index is 16.2. The number of hydrogen-bond acceptors (Lipinski definition) is 9. The Morgan fingerprint density at radius 1 is 0.682 bits per heavy atom. The van der Waals surface area contributed by atoms with Gasteiger partial charge in [0.25, 0.3) is 0 Å². The van der Waals surface area contributed by atoms with Crippen LogP contribution in [0.5, 0.6) is 0 Å². The molecule has 5 aromatic rings. The fourth-order valence-corrected chi connectivity index (χ4v) is 10.9. The van der Waals surface area contributed by atoms with Crippen molar-refractivity contribution in [2.24, 2.45) is 11.8 Å². The monoisotopic (exact) mass is 904 g/mol. The number of methoxy groups -OCH3 is 1. The van der Waals surface area contributed by atoms with E-state index in [0.717, 1.165) is 96.9 Å². The van der Waals surface area contributed by atoms with Crippen LogP contribution in [0.3, 0.4) is 0 Å². The number of anilines is 2. The summed E-state index contributed by atoms with van der Waals surface area (Å²) in [6, 6.07) is 15.7. The van der Waals surface area contributed by atoms with Crippen LogP contribution in [0.25, 0.3) is 22.1 Å². The van der Waals surface area contributed by atoms with Crippen LogP contribution in [0.15, 0.2) is 54.6 Å². The van der Waals surface area contributed by atoms with E-state index in [9.17, 15) is 24.3 Å². The minimum Gasteiger partial charge on any atom is -0.465 e. The molecule has 3 aromatic carbocycles. The lowest BCUT2D eigenvalue weighted by atomic mass is 10.0. The molecule has 0 radical (unpaired) electrons. The van der Waals surface area contributed by atoms with E-state index in [0.29, 0.717) is 36.8 Å². The van der Waals surface area contributed by atoms with Crippen LogP contribution < -0.4 is 20.4 Å². The van der Waals surface area contributed by atoms with Crippen molar-refractivity contribution in [1.82, 2.24) is 40.4 Å². The number of imidazole rings is 2. The van der Waals surface area contributed by atoms with Crippen LogP contribution in [-0.2, 0) is 14.3 Å². The summed E-state index contributed by atoms with van der Waals surface area (Å²) in [5, 5.41) is 14.6. The molecule has 1 unspecified atom stereocenters. The highest BCUT2D eigenvalue weighted by Gasteiger charge is 2.41. The van der Waals surface area contributed by atoms with Gasteiger partial charge in [-0.3, -0.25) is 9.59 Å². The van der Waals surface area contributed by atoms with Crippen LogP contribution in [0.1, 0.15) is 126 Å². The third-order valence-electron chi connectivity index (χ3n) is 14.2. The number of aromatic nitrogens is 4. The van der Waals surface area contributed by atoms with E-state index in [1.165, 1.54) is 7.11 Å². The SMILES string of the molecule is COC(=O)N[C@H](C(=O)N1CCC[C@H]1c1nc2ccc(C3CC[C@H](c4ccc5nc([C@@H]6CCCN6C(=O)[C@@H](NC(=O)O)C(C)C)[nH]c5c4)N3c3ccc(N4CCCC4)c(F)c3)cc2[nH]1)C(C)C. The fourth-order valence-electron chi connectivity index (χ4n) is 10.9. The van der Waals surface area contributed by atoms with E-state index in [1.807, 2.05) is 56.9 Å². The molecule has 0 bridgehead atoms. The zero-order chi connectivity index (χ0) is 46.4. The van der Waals surface area contributed by atoms with Gasteiger partial charge in [-0.15, -0.1) is 0 Å². The van der Waals surface area contributed by atoms with Gasteiger partial charge in [-0.25, -0.2) is 23.9 Å². The predicted octanol–water partition coefficient (Wildman–Crippen LogP) is 8.26. The van der Waals surface area contributed by atoms with Gasteiger partial charge in [-0.05, 0) is 117 Å². The molecule has 0 spiro atoms. The van der Waals surface area contributed by atoms with Crippen molar-refractivity contribution in [2.45, 2.75) is 115 Å². The number of halogens is 1. The molecule has 0 saturated carbocycles. The molecule has 66 heavy (non-hydrogen) atoms. The molecular weight excluding hydrogens is 844 g/mol. The maximum Gasteiger partial charge on any atom is 0.407 e. The lowest BCUT2D eigenvalue weighted by Gasteiger charge is -2.34. The summed E-state index contributed by atoms with van der Waals surface area (Å²) in [5.41, 5.74) is 6.74. The number of likely N-dealkylation sites (tertiary alicyclic amines) is 2. The molecule has 2 aromatic heterocycles. The zero-order valence-corrected chi connectivity index (χ0v) is 38.3. The van der Waals surface area contributed by atoms with Crippen molar-refractivity contribution < 1.29 is 33.4 Å². The van der Waals surface area contributed by atoms with Crippen molar-refractivity contribution in [3.63, 3.8) is 0 Å². The van der Waals surface area contributed by atoms with E-state index in [4.69, 9.17) is 14.7 Å². The summed E-state index contributed by atoms with van der Waals surface area (Å²) < 4.78 is 21.0. The summed E-state index contributed by atoms with van der Waals surface area (Å²) in [6.07, 6.45) is 4.85. The molecule has 4 aliphatic heterocycles. The number of fused-ring (bicyclic) bond motifs is 2. The molecule has 6 heterocycles. The van der Waals surface area contributed by atoms with E-state index in [-0.39, 0.29) is 53.6 Å². The third kappa shape index (κ3) is 8.59. The van der Waals surface area contributed by atoms with Crippen LogP contribution in [0.4, 0.5) is 25.4 Å². The fraction of sp³-hybridized carbons (Fsp3) is 0.510. The summed E-state index contributed by atoms with van der Waals surface area (Å²) in [5.74, 6) is 0.331. The quantitative estimate of drug-likeness (QED) is 0.0815. The Bertz CT molecular complexity index is 2620. The highest BCUT2D eigenvalue weighted by atomic mass is 19.1. The average molecular weight is 905 g/mol. The zero-order valence-electron chi connectivity index (χ0n) is 38.3. The highest BCUT2D eigenvalue weighted by Crippen LogP contribution is 2.48. The first-order chi connectivity index (χ1) is 31.8. The molecule has 6 atom stereocenters. The smallest absolute Gasteiger partial charge is 0.407 e. The number of benzene rings is 3. The molecular formula is C49H61FN10O6. The number of carbonyl (C=O) groups is 4. The molecule has 4 amide bonds. The number of H-pyrrole nitrogens is 2. The van der Waals surface area contributed by atoms with Crippen molar-refractivity contribution >= 4 is 57.4 Å². The Morgan fingerprint density at radius 3 is 1.67 bits per heavy atom. The number of nitrogens with one attached hydrogen (secondary N) is 4. The van der Waals surface area contributed by atoms with Crippen LogP contribution in [-0.4, -0.2) is 104 Å². The number of hydrogen-bond donors (Lipinski definition) is 5. The maximum atomic E-state index is 16.2. The molecule has 4 aliphatic rings. The number of amides is 4. The summed E-state index contributed by atoms with van der Waals surface area (Å²) in [7, 11) is 1.29. The number of alkyl carbamates (subject to hydrolysis) is 1. The van der Waals surface area contributed by atoms with Crippen LogP contribution >= 0.6 is 0 Å². The first-order valence-corrected chi connectivity index (χ1v) is 23.6. The molecule has 16 nitrogen and oxygen atoms in total. The molecule has 350 valence electrons. The lowest BCUT2D eigenvalue weighted by molar-refractivity contribution is -0.136. The van der Waals surface area contributed by atoms with Crippen LogP contribution in [0.2, 0.25) is 0 Å². The van der Waals surface area contributed by atoms with Gasteiger partial charge in [0.1, 0.15) is 29.5 Å². The minimum absolute atomic E-state index is 0.108. The molecule has 4 saturated heterocycles. The van der Waals surface area contributed by atoms with Gasteiger partial charge >= 0.3 is 12.2 Å². The Kier molecular flexibility index (Phi) is 12.5. The van der Waals surface area contributed by atoms with E-state index in [2.05, 4.69) is 54.7 Å². The molecule has 17 heteroatoms. The van der Waals surface area contributed by atoms with Gasteiger partial charge in [0.2, 0.25) is 11.8 Å². The predicted molar refractivity (Wildman–Crippen MR) is 249 cm³/mol. The highest BCUT2D eigenvalue weighted by molar-refractivity contribution is 5.87. The van der Waals surface area contributed by atoms with Crippen molar-refractivity contribution in [2.75, 3.05) is 43.1 Å². The van der Waals surface area contributed by atoms with Crippen molar-refractivity contribution in [1.29, 1.82) is 0 Å². The Labute approximate surface area is 383 Å². The van der Waals surface area contributed by atoms with E-state index < -0.39 is 24.3 Å². The first kappa shape index (κ1) is 44.8. The van der Waals surface area contributed by atoms with E-state index in [1.54, 1.807) is 11.0 Å². The van der Waals surface area contributed by atoms with Gasteiger partial charge in [0.15, 0.2) is 0 Å². The second-order valence-corrected chi connectivity index (χ2v) is 19.1. The largest absolute Gasteiger partial charge is 0.465 e. The van der Waals surface area contributed by atoms with E-state index >= 15 is 4.39 Å². The third-order valence-corrected chi connectivity index (χ3v) is 14.2. The first-order valence-electron chi connectivity index (χ1n) is 23.6. The molecule has 0 aliphatic carbocycles. The van der Waals surface area contributed by atoms with Gasteiger partial charge in [0, 0.05) is 31.9 Å². The normalized spacial score (nSPS) is 22.0. The average Bonchev–Trinajstić information content (AvgIpc) is 4.16. The topological polar surface area (TPSA) is 192 Å². The molecule has 5 N–H and O–H groups in total. The van der Waals surface area contributed by atoms with Crippen LogP contribution in [0, 0.1) is 17.7 Å². The number of nitrogens with zero attached hydrogens (tertiary/aromatic N) is 6. The van der Waals surface area contributed by atoms with Crippen molar-refractivity contribution in [3.8, 4) is 0 Å². The number of rotatable bonds is 12.